The molecule has 0 atom stereocenters. The smallest absolute Gasteiger partial charge is 0.0854 e. The van der Waals surface area contributed by atoms with Crippen LogP contribution in [0.15, 0.2) is 24.3 Å². The average Bonchev–Trinajstić information content (AvgIpc) is 2.01. The van der Waals surface area contributed by atoms with Gasteiger partial charge in [0.25, 0.3) is 1.13 Å². The van der Waals surface area contributed by atoms with Crippen molar-refractivity contribution in [2.45, 2.75) is 0 Å². The lowest BCUT2D eigenvalue weighted by atomic mass is 10.4. The Hall–Kier alpha value is 4.03. The van der Waals surface area contributed by atoms with E-state index in [0.29, 0.717) is 0 Å². The maximum Gasteiger partial charge on any atom is 0.283 e. The van der Waals surface area contributed by atoms with Crippen LogP contribution in [0, 0.1) is 0 Å². The molecule has 0 saturated heterocycles. The molecule has 0 aromatic heterocycles. The zero-order valence-corrected chi connectivity index (χ0v) is 21.5. The third-order valence-corrected chi connectivity index (χ3v) is 14.7. The summed E-state index contributed by atoms with van der Waals surface area (Å²) < 4.78 is -2.39. The molecule has 1 aromatic rings. The summed E-state index contributed by atoms with van der Waals surface area (Å²) >= 11 is 15.6. The van der Waals surface area contributed by atoms with E-state index in [9.17, 15) is 0 Å². The zero-order chi connectivity index (χ0) is 11.0. The van der Waals surface area contributed by atoms with Crippen LogP contribution in [0.1, 0.15) is 0 Å². The van der Waals surface area contributed by atoms with Crippen LogP contribution in [0.3, 0.4) is 0 Å². The van der Waals surface area contributed by atoms with Crippen molar-refractivity contribution in [2.24, 2.45) is 0 Å². The number of hydrogen-bond donors (Lipinski definition) is 0. The van der Waals surface area contributed by atoms with Gasteiger partial charge in [0.1, 0.15) is 0 Å². The number of rotatable bonds is 2. The average molecular weight is 894 g/mol. The van der Waals surface area contributed by atoms with Crippen LogP contribution in [-0.2, 0) is 0 Å². The van der Waals surface area contributed by atoms with E-state index in [2.05, 4.69) is 155 Å². The lowest BCUT2D eigenvalue weighted by molar-refractivity contribution is 1.84. The third-order valence-electron chi connectivity index (χ3n) is 1.54. The van der Waals surface area contributed by atoms with Crippen molar-refractivity contribution in [1.82, 2.24) is 0 Å². The SMILES string of the molecule is I[Si](I)(I)c1ccc([Si](I)(I)I)cc1. The quantitative estimate of drug-likeness (QED) is 0.232. The van der Waals surface area contributed by atoms with Gasteiger partial charge in [-0.3, -0.25) is 0 Å². The van der Waals surface area contributed by atoms with Crippen LogP contribution >= 0.6 is 131 Å². The van der Waals surface area contributed by atoms with Crippen LogP contribution in [0.4, 0.5) is 0 Å². The second kappa shape index (κ2) is 6.46. The molecule has 0 aliphatic rings. The summed E-state index contributed by atoms with van der Waals surface area (Å²) in [6, 6.07) is 9.24. The Morgan fingerprint density at radius 2 is 0.786 bits per heavy atom. The Morgan fingerprint density at radius 3 is 0.929 bits per heavy atom. The molecule has 0 spiro atoms. The fraction of sp³-hybridized carbons (Fsp3) is 0. The molecule has 1 rings (SSSR count). The topological polar surface area (TPSA) is 0 Å². The van der Waals surface area contributed by atoms with E-state index in [4.69, 9.17) is 0 Å². The minimum atomic E-state index is -1.20. The van der Waals surface area contributed by atoms with E-state index in [1.165, 1.54) is 10.4 Å². The first-order valence-corrected chi connectivity index (χ1v) is 26.1. The molecule has 0 heterocycles. The summed E-state index contributed by atoms with van der Waals surface area (Å²) in [5, 5.41) is 3.04. The standard InChI is InChI=1S/C6H4I6Si2/c7-13(8,9)5-1-2-6(4-3-5)14(10,11)12/h1-4H. The second-order valence-electron chi connectivity index (χ2n) is 2.57. The van der Waals surface area contributed by atoms with Crippen LogP contribution in [0.2, 0.25) is 0 Å². The Morgan fingerprint density at radius 1 is 0.571 bits per heavy atom. The molecule has 0 aliphatic heterocycles. The van der Waals surface area contributed by atoms with E-state index < -0.39 is 1.13 Å². The number of halogens is 6. The van der Waals surface area contributed by atoms with Gasteiger partial charge >= 0.3 is 0 Å². The van der Waals surface area contributed by atoms with Crippen molar-refractivity contribution >= 4 is 142 Å². The minimum Gasteiger partial charge on any atom is -0.0854 e. The third kappa shape index (κ3) is 5.35. The molecule has 14 heavy (non-hydrogen) atoms. The molecular weight excluding hydrogens is 890 g/mol. The molecule has 0 radical (unpaired) electrons. The van der Waals surface area contributed by atoms with E-state index in [0.717, 1.165) is 0 Å². The van der Waals surface area contributed by atoms with Crippen LogP contribution in [0.5, 0.6) is 0 Å². The molecule has 0 aliphatic carbocycles. The first kappa shape index (κ1) is 16.1. The van der Waals surface area contributed by atoms with Gasteiger partial charge in [0.05, 0.1) is 0 Å². The van der Waals surface area contributed by atoms with Gasteiger partial charge in [0.2, 0.25) is 0 Å². The maximum atomic E-state index is 2.59. The molecular formula is C6H4I6Si2. The highest BCUT2D eigenvalue weighted by molar-refractivity contribution is 14.4. The first-order chi connectivity index (χ1) is 6.21. The summed E-state index contributed by atoms with van der Waals surface area (Å²) in [5.41, 5.74) is 0. The van der Waals surface area contributed by atoms with E-state index in [1.807, 2.05) is 0 Å². The Balaban J connectivity index is 3.02. The highest BCUT2D eigenvalue weighted by atomic mass is 127. The van der Waals surface area contributed by atoms with Crippen LogP contribution in [0.25, 0.3) is 0 Å². The largest absolute Gasteiger partial charge is 0.283 e. The predicted molar refractivity (Wildman–Crippen MR) is 121 cm³/mol. The molecule has 0 N–H and O–H groups in total. The summed E-state index contributed by atoms with van der Waals surface area (Å²) in [7, 11) is 0. The summed E-state index contributed by atoms with van der Waals surface area (Å²) in [6.45, 7) is 0. The van der Waals surface area contributed by atoms with Crippen molar-refractivity contribution < 1.29 is 0 Å². The van der Waals surface area contributed by atoms with Gasteiger partial charge in [-0.2, -0.15) is 0 Å². The lowest BCUT2D eigenvalue weighted by Crippen LogP contribution is -2.33. The van der Waals surface area contributed by atoms with Crippen molar-refractivity contribution in [3.63, 3.8) is 0 Å². The van der Waals surface area contributed by atoms with Gasteiger partial charge in [0.15, 0.2) is 0 Å². The highest BCUT2D eigenvalue weighted by Gasteiger charge is 2.28. The highest BCUT2D eigenvalue weighted by Crippen LogP contribution is 2.30. The molecule has 0 unspecified atom stereocenters. The Bertz CT molecular complexity index is 278. The molecule has 78 valence electrons. The molecule has 0 amide bonds. The second-order valence-corrected chi connectivity index (χ2v) is 72.0. The minimum absolute atomic E-state index is 1.20. The van der Waals surface area contributed by atoms with Crippen molar-refractivity contribution in [3.05, 3.63) is 24.3 Å². The van der Waals surface area contributed by atoms with Gasteiger partial charge < -0.3 is 0 Å². The molecule has 0 saturated carbocycles. The molecule has 0 bridgehead atoms. The summed E-state index contributed by atoms with van der Waals surface area (Å²) in [5.74, 6) is 0. The van der Waals surface area contributed by atoms with Gasteiger partial charge in [0, 0.05) is 0 Å². The van der Waals surface area contributed by atoms with Gasteiger partial charge in [-0.1, -0.05) is 155 Å². The lowest BCUT2D eigenvalue weighted by Gasteiger charge is -2.13. The summed E-state index contributed by atoms with van der Waals surface area (Å²) in [6.07, 6.45) is 0. The number of hydrogen-bond acceptors (Lipinski definition) is 0. The molecule has 0 fully saturated rings. The van der Waals surface area contributed by atoms with Gasteiger partial charge in [-0.25, -0.2) is 0 Å². The molecule has 8 heteroatoms. The van der Waals surface area contributed by atoms with Crippen molar-refractivity contribution in [3.8, 4) is 0 Å². The van der Waals surface area contributed by atoms with Crippen molar-refractivity contribution in [2.75, 3.05) is 0 Å². The predicted octanol–water partition coefficient (Wildman–Crippen LogP) is 4.59. The fourth-order valence-electron chi connectivity index (χ4n) is 0.848. The normalized spacial score (nSPS) is 13.0. The molecule has 1 aromatic carbocycles. The van der Waals surface area contributed by atoms with E-state index in [1.54, 1.807) is 0 Å². The number of benzene rings is 1. The molecule has 0 nitrogen and oxygen atoms in total. The zero-order valence-electron chi connectivity index (χ0n) is 6.58. The first-order valence-electron chi connectivity index (χ1n) is 3.46. The van der Waals surface area contributed by atoms with E-state index in [-0.39, 0.29) is 0 Å². The Labute approximate surface area is 162 Å². The van der Waals surface area contributed by atoms with Crippen LogP contribution < -0.4 is 10.4 Å². The van der Waals surface area contributed by atoms with Gasteiger partial charge in [-0.05, 0) is 10.4 Å². The maximum absolute atomic E-state index is 2.59. The Kier molecular flexibility index (Phi) is 7.43. The van der Waals surface area contributed by atoms with Crippen LogP contribution in [-0.4, -0.2) is 1.13 Å². The summed E-state index contributed by atoms with van der Waals surface area (Å²) in [4.78, 5) is 0. The van der Waals surface area contributed by atoms with Crippen molar-refractivity contribution in [1.29, 1.82) is 0 Å². The van der Waals surface area contributed by atoms with Gasteiger partial charge in [-0.15, -0.1) is 0 Å². The fourth-order valence-corrected chi connectivity index (χ4v) is 8.41. The van der Waals surface area contributed by atoms with E-state index >= 15 is 0 Å². The monoisotopic (exact) mass is 893 g/mol.